The number of ether oxygens (including phenoxy) is 4. The zero-order chi connectivity index (χ0) is 28.2. The Bertz CT molecular complexity index is 1330. The van der Waals surface area contributed by atoms with Crippen LogP contribution in [0.25, 0.3) is 5.69 Å². The van der Waals surface area contributed by atoms with E-state index in [0.29, 0.717) is 41.9 Å². The van der Waals surface area contributed by atoms with Gasteiger partial charge in [-0.3, -0.25) is 14.5 Å². The third kappa shape index (κ3) is 6.39. The van der Waals surface area contributed by atoms with Gasteiger partial charge in [0.05, 0.1) is 49.8 Å². The Kier molecular flexibility index (Phi) is 9.19. The first-order chi connectivity index (χ1) is 18.7. The van der Waals surface area contributed by atoms with Crippen molar-refractivity contribution in [1.29, 1.82) is 0 Å². The Morgan fingerprint density at radius 2 is 1.79 bits per heavy atom. The topological polar surface area (TPSA) is 128 Å². The van der Waals surface area contributed by atoms with Gasteiger partial charge in [-0.2, -0.15) is 0 Å². The highest BCUT2D eigenvalue weighted by molar-refractivity contribution is 7.91. The number of nitrogens with zero attached hydrogens (tertiary/aromatic N) is 5. The molecule has 12 heteroatoms. The largest absolute Gasteiger partial charge is 0.494 e. The van der Waals surface area contributed by atoms with Gasteiger partial charge < -0.3 is 18.9 Å². The van der Waals surface area contributed by atoms with Crippen molar-refractivity contribution < 1.29 is 27.4 Å². The average Bonchev–Trinajstić information content (AvgIpc) is 3.33. The van der Waals surface area contributed by atoms with Gasteiger partial charge in [0.25, 0.3) is 0 Å². The zero-order valence-electron chi connectivity index (χ0n) is 23.3. The molecule has 2 aromatic heterocycles. The number of aryl methyl sites for hydroxylation is 1. The van der Waals surface area contributed by atoms with E-state index >= 15 is 0 Å². The Morgan fingerprint density at radius 3 is 2.36 bits per heavy atom. The molecule has 0 saturated carbocycles. The number of hydrogen-bond acceptors (Lipinski definition) is 10. The van der Waals surface area contributed by atoms with Gasteiger partial charge in [-0.05, 0) is 52.7 Å². The summed E-state index contributed by atoms with van der Waals surface area (Å²) in [6.45, 7) is 8.32. The molecule has 0 spiro atoms. The van der Waals surface area contributed by atoms with Crippen LogP contribution in [0.2, 0.25) is 0 Å². The molecule has 1 fully saturated rings. The van der Waals surface area contributed by atoms with Crippen molar-refractivity contribution >= 4 is 9.84 Å². The number of aromatic nitrogens is 5. The molecule has 11 nitrogen and oxygen atoms in total. The fraction of sp³-hybridized carbons (Fsp3) is 0.556. The lowest BCUT2D eigenvalue weighted by Crippen LogP contribution is -2.31. The summed E-state index contributed by atoms with van der Waals surface area (Å²) in [4.78, 5) is 8.72. The normalized spacial score (nSPS) is 17.7. The van der Waals surface area contributed by atoms with Gasteiger partial charge in [0.2, 0.25) is 0 Å². The molecule has 3 heterocycles. The summed E-state index contributed by atoms with van der Waals surface area (Å²) in [6, 6.07) is 5.40. The third-order valence-electron chi connectivity index (χ3n) is 6.74. The molecule has 1 aliphatic heterocycles. The molecule has 0 N–H and O–H groups in total. The van der Waals surface area contributed by atoms with E-state index in [0.717, 1.165) is 18.5 Å². The predicted molar refractivity (Wildman–Crippen MR) is 145 cm³/mol. The maximum atomic E-state index is 13.9. The standard InChI is InChI=1S/C27H37N5O6S/c1-17(2)38-26(21-14-28-18(3)13-29-21)19(4)39(33,34)16-24-30-31-27(20-9-8-12-37-15-20)32(24)25-22(35-5)10-7-11-23(25)36-6/h7,10-11,13-14,17,19-20,26H,8-9,12,15-16H2,1-6H3/t19-,20+,26+/m1/s1. The Morgan fingerprint density at radius 1 is 1.08 bits per heavy atom. The van der Waals surface area contributed by atoms with Gasteiger partial charge >= 0.3 is 0 Å². The van der Waals surface area contributed by atoms with Crippen LogP contribution in [0.15, 0.2) is 30.6 Å². The molecule has 1 aromatic carbocycles. The Hall–Kier alpha value is -3.09. The van der Waals surface area contributed by atoms with Crippen molar-refractivity contribution in [3.05, 3.63) is 53.6 Å². The number of benzene rings is 1. The van der Waals surface area contributed by atoms with Crippen molar-refractivity contribution in [3.8, 4) is 17.2 Å². The van der Waals surface area contributed by atoms with Crippen LogP contribution in [-0.4, -0.2) is 71.9 Å². The summed E-state index contributed by atoms with van der Waals surface area (Å²) in [6.07, 6.45) is 3.85. The van der Waals surface area contributed by atoms with Crippen LogP contribution in [0.4, 0.5) is 0 Å². The molecular formula is C27H37N5O6S. The fourth-order valence-corrected chi connectivity index (χ4v) is 6.08. The van der Waals surface area contributed by atoms with Gasteiger partial charge in [-0.1, -0.05) is 6.07 Å². The number of para-hydroxylation sites is 1. The SMILES string of the molecule is COc1cccc(OC)c1-n1c(CS(=O)(=O)[C@H](C)[C@H](OC(C)C)c2cnc(C)cn2)nnc1[C@H]1CCCOC1. The van der Waals surface area contributed by atoms with E-state index in [-0.39, 0.29) is 23.6 Å². The van der Waals surface area contributed by atoms with Crippen molar-refractivity contribution in [3.63, 3.8) is 0 Å². The number of hydrogen-bond donors (Lipinski definition) is 0. The second-order valence-electron chi connectivity index (χ2n) is 9.94. The first kappa shape index (κ1) is 28.9. The minimum Gasteiger partial charge on any atom is -0.494 e. The van der Waals surface area contributed by atoms with Crippen LogP contribution in [0.1, 0.15) is 68.7 Å². The summed E-state index contributed by atoms with van der Waals surface area (Å²) in [5.41, 5.74) is 1.74. The second-order valence-corrected chi connectivity index (χ2v) is 12.3. The maximum Gasteiger partial charge on any atom is 0.163 e. The smallest absolute Gasteiger partial charge is 0.163 e. The summed E-state index contributed by atoms with van der Waals surface area (Å²) in [5, 5.41) is 7.92. The lowest BCUT2D eigenvalue weighted by molar-refractivity contribution is 0.00382. The lowest BCUT2D eigenvalue weighted by atomic mass is 10.0. The van der Waals surface area contributed by atoms with Gasteiger partial charge in [0.15, 0.2) is 15.7 Å². The molecule has 4 rings (SSSR count). The molecule has 3 aromatic rings. The highest BCUT2D eigenvalue weighted by Gasteiger charge is 2.36. The molecule has 0 amide bonds. The lowest BCUT2D eigenvalue weighted by Gasteiger charge is -2.26. The van der Waals surface area contributed by atoms with E-state index < -0.39 is 21.2 Å². The molecule has 1 aliphatic rings. The van der Waals surface area contributed by atoms with E-state index in [1.807, 2.05) is 26.8 Å². The molecule has 0 unspecified atom stereocenters. The molecule has 0 radical (unpaired) electrons. The summed E-state index contributed by atoms with van der Waals surface area (Å²) in [7, 11) is -0.719. The predicted octanol–water partition coefficient (Wildman–Crippen LogP) is 3.75. The summed E-state index contributed by atoms with van der Waals surface area (Å²) in [5.74, 6) is 1.44. The molecular weight excluding hydrogens is 522 g/mol. The third-order valence-corrected chi connectivity index (χ3v) is 8.78. The Balaban J connectivity index is 1.79. The van der Waals surface area contributed by atoms with E-state index in [1.165, 1.54) is 0 Å². The quantitative estimate of drug-likeness (QED) is 0.343. The average molecular weight is 560 g/mol. The number of sulfone groups is 1. The summed E-state index contributed by atoms with van der Waals surface area (Å²) >= 11 is 0. The molecule has 1 saturated heterocycles. The van der Waals surface area contributed by atoms with Crippen LogP contribution in [0.3, 0.4) is 0 Å². The van der Waals surface area contributed by atoms with E-state index in [1.54, 1.807) is 50.2 Å². The molecule has 0 bridgehead atoms. The first-order valence-corrected chi connectivity index (χ1v) is 14.8. The summed E-state index contributed by atoms with van der Waals surface area (Å²) < 4.78 is 52.8. The first-order valence-electron chi connectivity index (χ1n) is 13.0. The van der Waals surface area contributed by atoms with Gasteiger partial charge in [0.1, 0.15) is 34.9 Å². The molecule has 0 aliphatic carbocycles. The van der Waals surface area contributed by atoms with E-state index in [9.17, 15) is 8.42 Å². The highest BCUT2D eigenvalue weighted by Crippen LogP contribution is 2.38. The van der Waals surface area contributed by atoms with E-state index in [2.05, 4.69) is 20.2 Å². The molecule has 3 atom stereocenters. The van der Waals surface area contributed by atoms with Gasteiger partial charge in [-0.25, -0.2) is 8.42 Å². The minimum atomic E-state index is -3.83. The fourth-order valence-electron chi connectivity index (χ4n) is 4.69. The van der Waals surface area contributed by atoms with Crippen LogP contribution in [-0.2, 0) is 25.1 Å². The van der Waals surface area contributed by atoms with Crippen molar-refractivity contribution in [2.45, 2.75) is 69.7 Å². The molecule has 39 heavy (non-hydrogen) atoms. The van der Waals surface area contributed by atoms with Crippen molar-refractivity contribution in [1.82, 2.24) is 24.7 Å². The van der Waals surface area contributed by atoms with E-state index in [4.69, 9.17) is 18.9 Å². The monoisotopic (exact) mass is 559 g/mol. The number of methoxy groups -OCH3 is 2. The zero-order valence-corrected chi connectivity index (χ0v) is 24.1. The Labute approximate surface area is 229 Å². The highest BCUT2D eigenvalue weighted by atomic mass is 32.2. The van der Waals surface area contributed by atoms with Gasteiger partial charge in [0, 0.05) is 18.7 Å². The minimum absolute atomic E-state index is 0.0606. The van der Waals surface area contributed by atoms with Crippen LogP contribution >= 0.6 is 0 Å². The van der Waals surface area contributed by atoms with Crippen molar-refractivity contribution in [2.75, 3.05) is 27.4 Å². The van der Waals surface area contributed by atoms with Gasteiger partial charge in [-0.15, -0.1) is 10.2 Å². The molecule has 212 valence electrons. The van der Waals surface area contributed by atoms with Crippen LogP contribution in [0.5, 0.6) is 11.5 Å². The maximum absolute atomic E-state index is 13.9. The van der Waals surface area contributed by atoms with Crippen LogP contribution in [0, 0.1) is 6.92 Å². The van der Waals surface area contributed by atoms with Crippen molar-refractivity contribution in [2.24, 2.45) is 0 Å². The number of rotatable bonds is 11. The van der Waals surface area contributed by atoms with Crippen LogP contribution < -0.4 is 9.47 Å². The second kappa shape index (κ2) is 12.4.